The SMILES string of the molecule is CCCN(CCC)C(=O)c1c(C)oc(-n2cccc2)c1C#N. The number of nitriles is 1. The number of aromatic nitrogens is 1. The molecule has 0 fully saturated rings. The van der Waals surface area contributed by atoms with Crippen molar-refractivity contribution in [3.63, 3.8) is 0 Å². The van der Waals surface area contributed by atoms with Crippen LogP contribution in [0.5, 0.6) is 0 Å². The number of aryl methyl sites for hydroxylation is 1. The minimum atomic E-state index is -0.125. The predicted octanol–water partition coefficient (Wildman–Crippen LogP) is 3.51. The van der Waals surface area contributed by atoms with Gasteiger partial charge in [-0.2, -0.15) is 5.26 Å². The molecule has 5 heteroatoms. The Hall–Kier alpha value is -2.48. The maximum absolute atomic E-state index is 12.8. The molecule has 0 saturated heterocycles. The highest BCUT2D eigenvalue weighted by Gasteiger charge is 2.27. The lowest BCUT2D eigenvalue weighted by atomic mass is 10.1. The summed E-state index contributed by atoms with van der Waals surface area (Å²) in [6, 6.07) is 5.83. The summed E-state index contributed by atoms with van der Waals surface area (Å²) in [6.07, 6.45) is 5.36. The largest absolute Gasteiger partial charge is 0.443 e. The van der Waals surface area contributed by atoms with E-state index < -0.39 is 0 Å². The highest BCUT2D eigenvalue weighted by Crippen LogP contribution is 2.26. The van der Waals surface area contributed by atoms with Crippen molar-refractivity contribution in [2.45, 2.75) is 33.6 Å². The molecule has 0 saturated carbocycles. The smallest absolute Gasteiger partial charge is 0.258 e. The van der Waals surface area contributed by atoms with Crippen molar-refractivity contribution in [3.05, 3.63) is 41.4 Å². The molecule has 0 spiro atoms. The molecule has 0 aliphatic heterocycles. The Kier molecular flexibility index (Phi) is 5.05. The zero-order chi connectivity index (χ0) is 16.1. The summed E-state index contributed by atoms with van der Waals surface area (Å²) in [4.78, 5) is 14.6. The third kappa shape index (κ3) is 2.91. The zero-order valence-corrected chi connectivity index (χ0v) is 13.3. The fourth-order valence-electron chi connectivity index (χ4n) is 2.56. The molecular weight excluding hydrogens is 278 g/mol. The van der Waals surface area contributed by atoms with Crippen LogP contribution in [0.4, 0.5) is 0 Å². The van der Waals surface area contributed by atoms with Crippen molar-refractivity contribution in [2.75, 3.05) is 13.1 Å². The van der Waals surface area contributed by atoms with E-state index in [1.807, 2.05) is 26.0 Å². The summed E-state index contributed by atoms with van der Waals surface area (Å²) >= 11 is 0. The second kappa shape index (κ2) is 6.99. The monoisotopic (exact) mass is 299 g/mol. The van der Waals surface area contributed by atoms with Gasteiger partial charge in [0.25, 0.3) is 5.91 Å². The Morgan fingerprint density at radius 2 is 1.86 bits per heavy atom. The normalized spacial score (nSPS) is 10.5. The first-order valence-corrected chi connectivity index (χ1v) is 7.60. The average molecular weight is 299 g/mol. The van der Waals surface area contributed by atoms with E-state index in [4.69, 9.17) is 4.42 Å². The third-order valence-electron chi connectivity index (χ3n) is 3.50. The van der Waals surface area contributed by atoms with Crippen molar-refractivity contribution in [2.24, 2.45) is 0 Å². The van der Waals surface area contributed by atoms with Gasteiger partial charge in [0.05, 0.1) is 0 Å². The number of nitrogens with zero attached hydrogens (tertiary/aromatic N) is 3. The zero-order valence-electron chi connectivity index (χ0n) is 13.3. The van der Waals surface area contributed by atoms with Gasteiger partial charge in [-0.3, -0.25) is 9.36 Å². The maximum atomic E-state index is 12.8. The number of rotatable bonds is 6. The standard InChI is InChI=1S/C17H21N3O2/c1-4-8-19(9-5-2)16(21)15-13(3)22-17(14(15)12-18)20-10-6-7-11-20/h6-7,10-11H,4-5,8-9H2,1-3H3. The number of carbonyl (C=O) groups excluding carboxylic acids is 1. The molecule has 0 bridgehead atoms. The summed E-state index contributed by atoms with van der Waals surface area (Å²) < 4.78 is 7.42. The first kappa shape index (κ1) is 15.9. The van der Waals surface area contributed by atoms with Gasteiger partial charge in [-0.1, -0.05) is 13.8 Å². The number of carbonyl (C=O) groups is 1. The van der Waals surface area contributed by atoms with Gasteiger partial charge in [0.15, 0.2) is 0 Å². The molecule has 0 atom stereocenters. The molecule has 5 nitrogen and oxygen atoms in total. The molecule has 22 heavy (non-hydrogen) atoms. The summed E-state index contributed by atoms with van der Waals surface area (Å²) in [6.45, 7) is 7.17. The van der Waals surface area contributed by atoms with E-state index in [1.165, 1.54) is 0 Å². The van der Waals surface area contributed by atoms with E-state index in [0.29, 0.717) is 35.9 Å². The molecule has 2 aromatic heterocycles. The predicted molar refractivity (Wildman–Crippen MR) is 84.0 cm³/mol. The quantitative estimate of drug-likeness (QED) is 0.820. The Labute approximate surface area is 130 Å². The lowest BCUT2D eigenvalue weighted by Gasteiger charge is -2.21. The molecule has 2 heterocycles. The molecule has 0 unspecified atom stereocenters. The Bertz CT molecular complexity index is 672. The van der Waals surface area contributed by atoms with E-state index in [-0.39, 0.29) is 5.91 Å². The number of hydrogen-bond acceptors (Lipinski definition) is 3. The van der Waals surface area contributed by atoms with E-state index >= 15 is 0 Å². The fraction of sp³-hybridized carbons (Fsp3) is 0.412. The van der Waals surface area contributed by atoms with E-state index in [9.17, 15) is 10.1 Å². The van der Waals surface area contributed by atoms with Crippen molar-refractivity contribution in [3.8, 4) is 12.0 Å². The molecule has 0 aliphatic rings. The van der Waals surface area contributed by atoms with E-state index in [1.54, 1.807) is 28.8 Å². The van der Waals surface area contributed by atoms with Crippen LogP contribution in [0.3, 0.4) is 0 Å². The highest BCUT2D eigenvalue weighted by molar-refractivity contribution is 5.98. The summed E-state index contributed by atoms with van der Waals surface area (Å²) in [5.41, 5.74) is 0.684. The van der Waals surface area contributed by atoms with Crippen molar-refractivity contribution < 1.29 is 9.21 Å². The first-order chi connectivity index (χ1) is 10.6. The van der Waals surface area contributed by atoms with Gasteiger partial charge in [-0.15, -0.1) is 0 Å². The Morgan fingerprint density at radius 1 is 1.27 bits per heavy atom. The lowest BCUT2D eigenvalue weighted by molar-refractivity contribution is 0.0753. The molecule has 116 valence electrons. The number of amides is 1. The van der Waals surface area contributed by atoms with Gasteiger partial charge in [-0.25, -0.2) is 0 Å². The minimum Gasteiger partial charge on any atom is -0.443 e. The van der Waals surface area contributed by atoms with Crippen LogP contribution in [0.25, 0.3) is 5.88 Å². The third-order valence-corrected chi connectivity index (χ3v) is 3.50. The fourth-order valence-corrected chi connectivity index (χ4v) is 2.56. The molecule has 0 aromatic carbocycles. The maximum Gasteiger partial charge on any atom is 0.258 e. The van der Waals surface area contributed by atoms with Gasteiger partial charge < -0.3 is 9.32 Å². The van der Waals surface area contributed by atoms with Gasteiger partial charge in [0.1, 0.15) is 23.0 Å². The second-order valence-corrected chi connectivity index (χ2v) is 5.21. The van der Waals surface area contributed by atoms with Crippen molar-refractivity contribution >= 4 is 5.91 Å². The van der Waals surface area contributed by atoms with E-state index in [0.717, 1.165) is 12.8 Å². The van der Waals surface area contributed by atoms with Crippen molar-refractivity contribution in [1.82, 2.24) is 9.47 Å². The van der Waals surface area contributed by atoms with Crippen LogP contribution in [-0.2, 0) is 0 Å². The summed E-state index contributed by atoms with van der Waals surface area (Å²) in [5, 5.41) is 9.51. The van der Waals surface area contributed by atoms with E-state index in [2.05, 4.69) is 6.07 Å². The summed E-state index contributed by atoms with van der Waals surface area (Å²) in [5.74, 6) is 0.767. The average Bonchev–Trinajstić information content (AvgIpc) is 3.13. The molecule has 2 aromatic rings. The number of furan rings is 1. The van der Waals surface area contributed by atoms with Gasteiger partial charge in [-0.05, 0) is 31.9 Å². The minimum absolute atomic E-state index is 0.125. The lowest BCUT2D eigenvalue weighted by Crippen LogP contribution is -2.33. The van der Waals surface area contributed by atoms with Crippen molar-refractivity contribution in [1.29, 1.82) is 5.26 Å². The Morgan fingerprint density at radius 3 is 2.36 bits per heavy atom. The van der Waals surface area contributed by atoms with Crippen LogP contribution >= 0.6 is 0 Å². The van der Waals surface area contributed by atoms with Crippen LogP contribution in [0, 0.1) is 18.3 Å². The molecule has 0 N–H and O–H groups in total. The van der Waals surface area contributed by atoms with Gasteiger partial charge >= 0.3 is 0 Å². The van der Waals surface area contributed by atoms with Crippen LogP contribution < -0.4 is 0 Å². The van der Waals surface area contributed by atoms with Gasteiger partial charge in [0, 0.05) is 25.5 Å². The number of hydrogen-bond donors (Lipinski definition) is 0. The topological polar surface area (TPSA) is 62.2 Å². The molecular formula is C17H21N3O2. The second-order valence-electron chi connectivity index (χ2n) is 5.21. The van der Waals surface area contributed by atoms with Crippen LogP contribution in [0.2, 0.25) is 0 Å². The summed E-state index contributed by atoms with van der Waals surface area (Å²) in [7, 11) is 0. The molecule has 0 aliphatic carbocycles. The highest BCUT2D eigenvalue weighted by atomic mass is 16.4. The molecule has 2 rings (SSSR count). The van der Waals surface area contributed by atoms with Crippen LogP contribution in [0.15, 0.2) is 28.9 Å². The Balaban J connectivity index is 2.47. The molecule has 1 amide bonds. The first-order valence-electron chi connectivity index (χ1n) is 7.60. The van der Waals surface area contributed by atoms with Crippen LogP contribution in [-0.4, -0.2) is 28.5 Å². The van der Waals surface area contributed by atoms with Crippen LogP contribution in [0.1, 0.15) is 48.4 Å². The molecule has 0 radical (unpaired) electrons. The van der Waals surface area contributed by atoms with Gasteiger partial charge in [0.2, 0.25) is 5.88 Å².